The number of ether oxygens (including phenoxy) is 5. The van der Waals surface area contributed by atoms with E-state index in [-0.39, 0.29) is 12.4 Å². The van der Waals surface area contributed by atoms with Crippen molar-refractivity contribution in [2.24, 2.45) is 0 Å². The first-order chi connectivity index (χ1) is 17.9. The quantitative estimate of drug-likeness (QED) is 0.386. The Morgan fingerprint density at radius 2 is 1.39 bits per heavy atom. The fourth-order valence-electron chi connectivity index (χ4n) is 4.24. The second kappa shape index (κ2) is 12.7. The first-order valence-corrected chi connectivity index (χ1v) is 12.2. The number of hydrogen-bond donors (Lipinski definition) is 1. The number of carbonyl (C=O) groups excluding carboxylic acids is 4. The molecule has 1 fully saturated rings. The third kappa shape index (κ3) is 7.69. The lowest BCUT2D eigenvalue weighted by Gasteiger charge is -2.44. The van der Waals surface area contributed by atoms with Crippen molar-refractivity contribution in [3.8, 4) is 5.75 Å². The number of halogens is 1. The molecular weight excluding hydrogens is 520 g/mol. The molecule has 10 nitrogen and oxygen atoms in total. The maximum atomic E-state index is 12.1. The lowest BCUT2D eigenvalue weighted by molar-refractivity contribution is -0.254. The summed E-state index contributed by atoms with van der Waals surface area (Å²) in [5.74, 6) is -2.56. The lowest BCUT2D eigenvalue weighted by Crippen LogP contribution is -2.59. The zero-order chi connectivity index (χ0) is 28.0. The Labute approximate surface area is 224 Å². The minimum absolute atomic E-state index is 0.131. The van der Waals surface area contributed by atoms with E-state index in [1.165, 1.54) is 20.8 Å². The largest absolute Gasteiger partial charge is 0.508 e. The maximum absolute atomic E-state index is 12.1. The van der Waals surface area contributed by atoms with Crippen molar-refractivity contribution in [3.63, 3.8) is 0 Å². The number of aromatic hydroxyl groups is 1. The van der Waals surface area contributed by atoms with Gasteiger partial charge in [-0.2, -0.15) is 0 Å². The van der Waals surface area contributed by atoms with E-state index in [2.05, 4.69) is 0 Å². The number of hydrogen-bond acceptors (Lipinski definition) is 10. The van der Waals surface area contributed by atoms with Crippen LogP contribution in [-0.2, 0) is 49.3 Å². The van der Waals surface area contributed by atoms with Crippen LogP contribution in [0.4, 0.5) is 0 Å². The van der Waals surface area contributed by atoms with Crippen LogP contribution in [0.3, 0.4) is 0 Å². The van der Waals surface area contributed by atoms with Gasteiger partial charge in [-0.15, -0.1) is 0 Å². The van der Waals surface area contributed by atoms with E-state index in [0.717, 1.165) is 12.5 Å². The van der Waals surface area contributed by atoms with Gasteiger partial charge in [0.1, 0.15) is 24.6 Å². The standard InChI is InChI=1S/C27H29ClO10/c1-14(29)34-13-23-25(35-15(2)30)27(37-17(4)32)26(36-16(3)31)24(38-23)19-7-10-22(28)20(12-19)11-18-5-8-21(33)9-6-18/h5-10,12,23-27,33H,11,13H2,1-4H3/t23-,24+,25-,26+,27?/m1/s1. The Hall–Kier alpha value is -3.63. The molecule has 1 N–H and O–H groups in total. The van der Waals surface area contributed by atoms with Crippen LogP contribution >= 0.6 is 11.6 Å². The molecule has 1 unspecified atom stereocenters. The molecule has 11 heteroatoms. The second-order valence-electron chi connectivity index (χ2n) is 8.81. The van der Waals surface area contributed by atoms with Crippen LogP contribution in [0.1, 0.15) is 50.5 Å². The van der Waals surface area contributed by atoms with E-state index in [9.17, 15) is 24.3 Å². The predicted molar refractivity (Wildman–Crippen MR) is 133 cm³/mol. The molecular formula is C27H29ClO10. The van der Waals surface area contributed by atoms with Crippen molar-refractivity contribution in [1.29, 1.82) is 0 Å². The van der Waals surface area contributed by atoms with Gasteiger partial charge in [0.15, 0.2) is 18.3 Å². The summed E-state index contributed by atoms with van der Waals surface area (Å²) in [5, 5.41) is 10.0. The van der Waals surface area contributed by atoms with Gasteiger partial charge in [-0.05, 0) is 41.3 Å². The summed E-state index contributed by atoms with van der Waals surface area (Å²) in [4.78, 5) is 47.6. The molecule has 204 valence electrons. The molecule has 5 atom stereocenters. The lowest BCUT2D eigenvalue weighted by atomic mass is 9.89. The van der Waals surface area contributed by atoms with E-state index >= 15 is 0 Å². The Kier molecular flexibility index (Phi) is 9.71. The van der Waals surface area contributed by atoms with Crippen LogP contribution in [-0.4, -0.2) is 60.0 Å². The highest BCUT2D eigenvalue weighted by atomic mass is 35.5. The highest BCUT2D eigenvalue weighted by Gasteiger charge is 2.52. The minimum Gasteiger partial charge on any atom is -0.508 e. The molecule has 0 aromatic heterocycles. The Morgan fingerprint density at radius 3 is 1.97 bits per heavy atom. The summed E-state index contributed by atoms with van der Waals surface area (Å²) >= 11 is 6.47. The highest BCUT2D eigenvalue weighted by Crippen LogP contribution is 2.39. The molecule has 1 heterocycles. The normalized spacial score (nSPS) is 22.7. The fourth-order valence-corrected chi connectivity index (χ4v) is 4.42. The first kappa shape index (κ1) is 28.9. The molecule has 0 bridgehead atoms. The highest BCUT2D eigenvalue weighted by molar-refractivity contribution is 6.31. The van der Waals surface area contributed by atoms with Gasteiger partial charge in [0, 0.05) is 32.7 Å². The van der Waals surface area contributed by atoms with Gasteiger partial charge >= 0.3 is 23.9 Å². The van der Waals surface area contributed by atoms with Gasteiger partial charge in [-0.1, -0.05) is 35.9 Å². The van der Waals surface area contributed by atoms with Gasteiger partial charge < -0.3 is 28.8 Å². The van der Waals surface area contributed by atoms with Crippen LogP contribution in [0.2, 0.25) is 5.02 Å². The number of carbonyl (C=O) groups is 4. The molecule has 38 heavy (non-hydrogen) atoms. The summed E-state index contributed by atoms with van der Waals surface area (Å²) < 4.78 is 27.8. The number of phenolic OH excluding ortho intramolecular Hbond substituents is 1. The number of esters is 4. The van der Waals surface area contributed by atoms with Crippen molar-refractivity contribution in [1.82, 2.24) is 0 Å². The van der Waals surface area contributed by atoms with E-state index in [0.29, 0.717) is 22.6 Å². The monoisotopic (exact) mass is 548 g/mol. The average Bonchev–Trinajstić information content (AvgIpc) is 2.82. The van der Waals surface area contributed by atoms with Crippen LogP contribution in [0.5, 0.6) is 5.75 Å². The zero-order valence-electron chi connectivity index (χ0n) is 21.3. The van der Waals surface area contributed by atoms with Gasteiger partial charge in [0.2, 0.25) is 0 Å². The molecule has 0 saturated carbocycles. The first-order valence-electron chi connectivity index (χ1n) is 11.8. The van der Waals surface area contributed by atoms with E-state index in [1.54, 1.807) is 42.5 Å². The van der Waals surface area contributed by atoms with E-state index in [4.69, 9.17) is 35.3 Å². The topological polar surface area (TPSA) is 135 Å². The Bertz CT molecular complexity index is 1180. The molecule has 0 spiro atoms. The number of rotatable bonds is 8. The molecule has 3 rings (SSSR count). The summed E-state index contributed by atoms with van der Waals surface area (Å²) in [6.45, 7) is 4.41. The summed E-state index contributed by atoms with van der Waals surface area (Å²) in [7, 11) is 0. The van der Waals surface area contributed by atoms with Crippen molar-refractivity contribution in [3.05, 3.63) is 64.2 Å². The third-order valence-corrected chi connectivity index (χ3v) is 6.09. The molecule has 0 radical (unpaired) electrons. The van der Waals surface area contributed by atoms with Crippen molar-refractivity contribution in [2.75, 3.05) is 6.61 Å². The molecule has 2 aromatic carbocycles. The molecule has 0 aliphatic carbocycles. The fraction of sp³-hybridized carbons (Fsp3) is 0.407. The van der Waals surface area contributed by atoms with Crippen LogP contribution in [0.25, 0.3) is 0 Å². The predicted octanol–water partition coefficient (Wildman–Crippen LogP) is 3.43. The molecule has 0 amide bonds. The van der Waals surface area contributed by atoms with E-state index < -0.39 is 54.4 Å². The van der Waals surface area contributed by atoms with Gasteiger partial charge in [-0.25, -0.2) is 0 Å². The molecule has 1 saturated heterocycles. The van der Waals surface area contributed by atoms with Gasteiger partial charge in [0.05, 0.1) is 0 Å². The molecule has 1 aliphatic heterocycles. The van der Waals surface area contributed by atoms with E-state index in [1.807, 2.05) is 0 Å². The van der Waals surface area contributed by atoms with Crippen molar-refractivity contribution in [2.45, 2.75) is 64.6 Å². The smallest absolute Gasteiger partial charge is 0.303 e. The summed E-state index contributed by atoms with van der Waals surface area (Å²) in [5.41, 5.74) is 2.12. The SMILES string of the molecule is CC(=O)OC[C@H]1O[C@@H](c2ccc(Cl)c(Cc3ccc(O)cc3)c2)[C@H](OC(C)=O)C(OC(C)=O)[C@@H]1OC(C)=O. The van der Waals surface area contributed by atoms with Crippen molar-refractivity contribution >= 4 is 35.5 Å². The Balaban J connectivity index is 2.06. The average molecular weight is 549 g/mol. The van der Waals surface area contributed by atoms with Gasteiger partial charge in [-0.3, -0.25) is 19.2 Å². The summed E-state index contributed by atoms with van der Waals surface area (Å²) in [6, 6.07) is 11.7. The Morgan fingerprint density at radius 1 is 0.816 bits per heavy atom. The van der Waals surface area contributed by atoms with Crippen LogP contribution < -0.4 is 0 Å². The third-order valence-electron chi connectivity index (χ3n) is 5.72. The molecule has 2 aromatic rings. The zero-order valence-corrected chi connectivity index (χ0v) is 22.1. The minimum atomic E-state index is -1.27. The van der Waals surface area contributed by atoms with Crippen LogP contribution in [0, 0.1) is 0 Å². The molecule has 1 aliphatic rings. The van der Waals surface area contributed by atoms with Crippen LogP contribution in [0.15, 0.2) is 42.5 Å². The summed E-state index contributed by atoms with van der Waals surface area (Å²) in [6.07, 6.45) is -5.36. The van der Waals surface area contributed by atoms with Gasteiger partial charge in [0.25, 0.3) is 0 Å². The number of benzene rings is 2. The van der Waals surface area contributed by atoms with Crippen molar-refractivity contribution < 1.29 is 48.0 Å². The number of phenols is 1. The maximum Gasteiger partial charge on any atom is 0.303 e. The second-order valence-corrected chi connectivity index (χ2v) is 9.22.